The molecule has 0 aliphatic heterocycles. The van der Waals surface area contributed by atoms with Crippen molar-refractivity contribution in [2.45, 2.75) is 33.7 Å². The monoisotopic (exact) mass is 432 g/mol. The number of nitrogens with zero attached hydrogens (tertiary/aromatic N) is 4. The smallest absolute Gasteiger partial charge is 0.260 e. The van der Waals surface area contributed by atoms with Crippen molar-refractivity contribution in [1.82, 2.24) is 14.5 Å². The Bertz CT molecular complexity index is 1190. The van der Waals surface area contributed by atoms with Gasteiger partial charge >= 0.3 is 0 Å². The van der Waals surface area contributed by atoms with Crippen LogP contribution in [0.2, 0.25) is 0 Å². The zero-order valence-corrected chi connectivity index (χ0v) is 18.6. The van der Waals surface area contributed by atoms with E-state index in [1.54, 1.807) is 53.0 Å². The number of hydrogen-bond donors (Lipinski definition) is 0. The third-order valence-electron chi connectivity index (χ3n) is 5.30. The minimum absolute atomic E-state index is 0.0201. The van der Waals surface area contributed by atoms with Gasteiger partial charge in [-0.3, -0.25) is 14.5 Å². The van der Waals surface area contributed by atoms with Crippen molar-refractivity contribution < 1.29 is 9.59 Å². The summed E-state index contributed by atoms with van der Waals surface area (Å²) >= 11 is 1.55. The molecule has 0 fully saturated rings. The van der Waals surface area contributed by atoms with Crippen LogP contribution in [0.25, 0.3) is 10.2 Å². The van der Waals surface area contributed by atoms with Crippen LogP contribution in [-0.4, -0.2) is 32.8 Å². The fourth-order valence-electron chi connectivity index (χ4n) is 3.48. The van der Waals surface area contributed by atoms with E-state index in [0.29, 0.717) is 22.8 Å². The molecule has 0 radical (unpaired) electrons. The molecule has 0 N–H and O–H groups in total. The fraction of sp³-hybridized carbons (Fsp3) is 0.250. The van der Waals surface area contributed by atoms with Crippen molar-refractivity contribution in [3.8, 4) is 0 Å². The molecule has 1 amide bonds. The van der Waals surface area contributed by atoms with Crippen LogP contribution >= 0.6 is 11.3 Å². The molecule has 0 atom stereocenters. The quantitative estimate of drug-likeness (QED) is 0.383. The number of rotatable bonds is 7. The van der Waals surface area contributed by atoms with E-state index in [-0.39, 0.29) is 11.7 Å². The first-order chi connectivity index (χ1) is 14.9. The molecule has 2 aromatic carbocycles. The maximum atomic E-state index is 13.5. The molecule has 0 aliphatic rings. The van der Waals surface area contributed by atoms with Crippen molar-refractivity contribution in [2.75, 3.05) is 11.4 Å². The molecular weight excluding hydrogens is 408 g/mol. The fourth-order valence-corrected chi connectivity index (χ4v) is 4.62. The molecule has 2 aromatic heterocycles. The zero-order valence-electron chi connectivity index (χ0n) is 17.8. The van der Waals surface area contributed by atoms with Crippen LogP contribution in [0.15, 0.2) is 55.1 Å². The highest BCUT2D eigenvalue weighted by Gasteiger charge is 2.22. The van der Waals surface area contributed by atoms with Crippen molar-refractivity contribution in [3.05, 3.63) is 77.4 Å². The molecular formula is C24H24N4O2S. The Kier molecular flexibility index (Phi) is 5.95. The molecule has 2 heterocycles. The Balaban J connectivity index is 1.66. The van der Waals surface area contributed by atoms with Gasteiger partial charge in [-0.1, -0.05) is 35.6 Å². The average Bonchev–Trinajstić information content (AvgIpc) is 3.44. The molecule has 158 valence electrons. The number of amides is 1. The lowest BCUT2D eigenvalue weighted by Crippen LogP contribution is -2.32. The van der Waals surface area contributed by atoms with Crippen LogP contribution in [0.5, 0.6) is 0 Å². The molecule has 0 spiro atoms. The van der Waals surface area contributed by atoms with Crippen molar-refractivity contribution in [1.29, 1.82) is 0 Å². The first kappa shape index (κ1) is 20.9. The largest absolute Gasteiger partial charge is 0.337 e. The summed E-state index contributed by atoms with van der Waals surface area (Å²) in [5.74, 6) is -0.136. The first-order valence-electron chi connectivity index (χ1n) is 10.2. The van der Waals surface area contributed by atoms with Crippen molar-refractivity contribution in [3.63, 3.8) is 0 Å². The van der Waals surface area contributed by atoms with Crippen LogP contribution < -0.4 is 4.90 Å². The molecule has 0 bridgehead atoms. The third-order valence-corrected chi connectivity index (χ3v) is 6.52. The van der Waals surface area contributed by atoms with Gasteiger partial charge in [-0.05, 0) is 50.5 Å². The Labute approximate surface area is 185 Å². The van der Waals surface area contributed by atoms with E-state index >= 15 is 0 Å². The summed E-state index contributed by atoms with van der Waals surface area (Å²) in [6, 6.07) is 11.0. The summed E-state index contributed by atoms with van der Waals surface area (Å²) in [5, 5.41) is 0.693. The molecule has 0 saturated heterocycles. The number of carbonyl (C=O) groups excluding carboxylic acids is 2. The minimum atomic E-state index is -0.116. The summed E-state index contributed by atoms with van der Waals surface area (Å²) in [4.78, 5) is 35.7. The third kappa shape index (κ3) is 4.41. The molecule has 0 aliphatic carbocycles. The van der Waals surface area contributed by atoms with E-state index in [2.05, 4.69) is 24.0 Å². The second-order valence-electron chi connectivity index (χ2n) is 7.62. The number of fused-ring (bicyclic) bond motifs is 1. The zero-order chi connectivity index (χ0) is 22.0. The molecule has 6 nitrogen and oxygen atoms in total. The summed E-state index contributed by atoms with van der Waals surface area (Å²) in [5.41, 5.74) is 4.33. The number of imidazole rings is 1. The molecule has 0 unspecified atom stereocenters. The van der Waals surface area contributed by atoms with Gasteiger partial charge in [0.05, 0.1) is 16.5 Å². The normalized spacial score (nSPS) is 11.1. The number of anilines is 1. The lowest BCUT2D eigenvalue weighted by molar-refractivity contribution is 0.0982. The highest BCUT2D eigenvalue weighted by Crippen LogP contribution is 2.33. The van der Waals surface area contributed by atoms with Gasteiger partial charge in [-0.15, -0.1) is 0 Å². The standard InChI is InChI=1S/C24H24N4O2S/c1-16-5-6-17(2)22-21(16)26-24(31-22)28(13-4-12-27-14-11-25-15-27)23(30)20-9-7-19(8-10-20)18(3)29/h5-11,14-15H,4,12-13H2,1-3H3. The second kappa shape index (κ2) is 8.81. The number of hydrogen-bond acceptors (Lipinski definition) is 5. The second-order valence-corrected chi connectivity index (χ2v) is 8.60. The highest BCUT2D eigenvalue weighted by molar-refractivity contribution is 7.22. The van der Waals surface area contributed by atoms with E-state index in [4.69, 9.17) is 4.98 Å². The van der Waals surface area contributed by atoms with Gasteiger partial charge in [-0.25, -0.2) is 9.97 Å². The van der Waals surface area contributed by atoms with Gasteiger partial charge in [0.25, 0.3) is 5.91 Å². The lowest BCUT2D eigenvalue weighted by atomic mass is 10.1. The van der Waals surface area contributed by atoms with Crippen LogP contribution in [-0.2, 0) is 6.54 Å². The topological polar surface area (TPSA) is 68.1 Å². The predicted octanol–water partition coefficient (Wildman–Crippen LogP) is 5.05. The van der Waals surface area contributed by atoms with Gasteiger partial charge in [0.1, 0.15) is 0 Å². The first-order valence-corrected chi connectivity index (χ1v) is 11.0. The van der Waals surface area contributed by atoms with Gasteiger partial charge in [0.2, 0.25) is 0 Å². The van der Waals surface area contributed by atoms with E-state index in [1.807, 2.05) is 17.7 Å². The van der Waals surface area contributed by atoms with E-state index < -0.39 is 0 Å². The maximum absolute atomic E-state index is 13.5. The van der Waals surface area contributed by atoms with Crippen LogP contribution in [0, 0.1) is 13.8 Å². The van der Waals surface area contributed by atoms with E-state index in [0.717, 1.165) is 34.3 Å². The number of carbonyl (C=O) groups is 2. The van der Waals surface area contributed by atoms with E-state index in [9.17, 15) is 9.59 Å². The average molecular weight is 433 g/mol. The Hall–Kier alpha value is -3.32. The van der Waals surface area contributed by atoms with Gasteiger partial charge in [-0.2, -0.15) is 0 Å². The van der Waals surface area contributed by atoms with Gasteiger partial charge in [0, 0.05) is 36.6 Å². The highest BCUT2D eigenvalue weighted by atomic mass is 32.1. The summed E-state index contributed by atoms with van der Waals surface area (Å²) in [6.45, 7) is 6.91. The van der Waals surface area contributed by atoms with Gasteiger partial charge < -0.3 is 4.57 Å². The SMILES string of the molecule is CC(=O)c1ccc(C(=O)N(CCCn2ccnc2)c2nc3c(C)ccc(C)c3s2)cc1. The van der Waals surface area contributed by atoms with Crippen LogP contribution in [0.3, 0.4) is 0 Å². The Morgan fingerprint density at radius 3 is 2.39 bits per heavy atom. The van der Waals surface area contributed by atoms with E-state index in [1.165, 1.54) is 6.92 Å². The summed E-state index contributed by atoms with van der Waals surface area (Å²) in [6.07, 6.45) is 6.20. The number of Topliss-reactive ketones (excluding diaryl/α,β-unsaturated/α-hetero) is 1. The maximum Gasteiger partial charge on any atom is 0.260 e. The van der Waals surface area contributed by atoms with Crippen LogP contribution in [0.1, 0.15) is 45.2 Å². The Morgan fingerprint density at radius 2 is 1.74 bits per heavy atom. The lowest BCUT2D eigenvalue weighted by Gasteiger charge is -2.20. The number of thiazole rings is 1. The number of ketones is 1. The molecule has 7 heteroatoms. The van der Waals surface area contributed by atoms with Crippen LogP contribution in [0.4, 0.5) is 5.13 Å². The van der Waals surface area contributed by atoms with Gasteiger partial charge in [0.15, 0.2) is 10.9 Å². The predicted molar refractivity (Wildman–Crippen MR) is 124 cm³/mol. The Morgan fingerprint density at radius 1 is 1.03 bits per heavy atom. The number of benzene rings is 2. The molecule has 4 aromatic rings. The number of aryl methyl sites for hydroxylation is 3. The molecule has 31 heavy (non-hydrogen) atoms. The summed E-state index contributed by atoms with van der Waals surface area (Å²) in [7, 11) is 0. The number of aromatic nitrogens is 3. The summed E-state index contributed by atoms with van der Waals surface area (Å²) < 4.78 is 3.10. The minimum Gasteiger partial charge on any atom is -0.337 e. The molecule has 4 rings (SSSR count). The van der Waals surface area contributed by atoms with Crippen molar-refractivity contribution in [2.24, 2.45) is 0 Å². The van der Waals surface area contributed by atoms with Crippen molar-refractivity contribution >= 4 is 38.4 Å². The molecule has 0 saturated carbocycles.